The molecule has 90 valence electrons. The number of nitrogens with zero attached hydrogens (tertiary/aromatic N) is 1. The first-order chi connectivity index (χ1) is 8.08. The fraction of sp³-hybridized carbons (Fsp3) is 0.273. The Morgan fingerprint density at radius 3 is 2.76 bits per heavy atom. The summed E-state index contributed by atoms with van der Waals surface area (Å²) in [6.45, 7) is 1.80. The molecular weight excluding hydrogens is 226 g/mol. The summed E-state index contributed by atoms with van der Waals surface area (Å²) in [6.07, 6.45) is 1.27. The Kier molecular flexibility index (Phi) is 4.33. The summed E-state index contributed by atoms with van der Waals surface area (Å²) in [5.41, 5.74) is -0.231. The predicted molar refractivity (Wildman–Crippen MR) is 59.0 cm³/mol. The number of carbonyl (C=O) groups is 2. The van der Waals surface area contributed by atoms with Crippen molar-refractivity contribution in [3.8, 4) is 5.75 Å². The second-order valence-corrected chi connectivity index (χ2v) is 3.33. The number of hydrogen-bond acceptors (Lipinski definition) is 5. The molecule has 17 heavy (non-hydrogen) atoms. The molecule has 0 aliphatic rings. The van der Waals surface area contributed by atoms with E-state index in [1.54, 1.807) is 6.92 Å². The molecule has 1 aromatic carbocycles. The van der Waals surface area contributed by atoms with Gasteiger partial charge in [0, 0.05) is 18.1 Å². The van der Waals surface area contributed by atoms with Gasteiger partial charge in [-0.25, -0.2) is 0 Å². The van der Waals surface area contributed by atoms with Crippen LogP contribution in [0.15, 0.2) is 18.2 Å². The van der Waals surface area contributed by atoms with Gasteiger partial charge in [-0.1, -0.05) is 6.92 Å². The molecule has 0 unspecified atom stereocenters. The SMILES string of the molecule is CCCC(=O)Oc1ccc(C=O)cc1[N+](=O)[O-]. The zero-order valence-electron chi connectivity index (χ0n) is 9.21. The van der Waals surface area contributed by atoms with Crippen LogP contribution in [0.1, 0.15) is 30.1 Å². The van der Waals surface area contributed by atoms with Crippen LogP contribution in [-0.2, 0) is 4.79 Å². The van der Waals surface area contributed by atoms with Gasteiger partial charge < -0.3 is 4.74 Å². The molecule has 0 N–H and O–H groups in total. The third-order valence-electron chi connectivity index (χ3n) is 1.99. The average Bonchev–Trinajstić information content (AvgIpc) is 2.29. The fourth-order valence-electron chi connectivity index (χ4n) is 1.21. The van der Waals surface area contributed by atoms with E-state index < -0.39 is 10.9 Å². The normalized spacial score (nSPS) is 9.71. The van der Waals surface area contributed by atoms with Crippen LogP contribution in [-0.4, -0.2) is 17.2 Å². The van der Waals surface area contributed by atoms with Crippen molar-refractivity contribution in [3.63, 3.8) is 0 Å². The predicted octanol–water partition coefficient (Wildman–Crippen LogP) is 2.11. The largest absolute Gasteiger partial charge is 0.419 e. The Morgan fingerprint density at radius 1 is 1.53 bits per heavy atom. The molecule has 0 saturated carbocycles. The van der Waals surface area contributed by atoms with Gasteiger partial charge in [-0.3, -0.25) is 19.7 Å². The van der Waals surface area contributed by atoms with Gasteiger partial charge in [0.15, 0.2) is 0 Å². The molecule has 1 aromatic rings. The Balaban J connectivity index is 3.02. The Morgan fingerprint density at radius 2 is 2.24 bits per heavy atom. The van der Waals surface area contributed by atoms with Gasteiger partial charge in [-0.05, 0) is 18.6 Å². The van der Waals surface area contributed by atoms with Gasteiger partial charge in [0.2, 0.25) is 5.75 Å². The number of ether oxygens (including phenoxy) is 1. The first-order valence-electron chi connectivity index (χ1n) is 5.02. The maximum absolute atomic E-state index is 11.2. The molecule has 0 radical (unpaired) electrons. The third kappa shape index (κ3) is 3.37. The van der Waals surface area contributed by atoms with Crippen molar-refractivity contribution in [3.05, 3.63) is 33.9 Å². The van der Waals surface area contributed by atoms with Crippen molar-refractivity contribution >= 4 is 17.9 Å². The van der Waals surface area contributed by atoms with Gasteiger partial charge in [0.05, 0.1) is 4.92 Å². The van der Waals surface area contributed by atoms with Crippen molar-refractivity contribution in [2.24, 2.45) is 0 Å². The van der Waals surface area contributed by atoms with Crippen LogP contribution in [0.4, 0.5) is 5.69 Å². The summed E-state index contributed by atoms with van der Waals surface area (Å²) < 4.78 is 4.85. The zero-order valence-corrected chi connectivity index (χ0v) is 9.21. The number of rotatable bonds is 5. The summed E-state index contributed by atoms with van der Waals surface area (Å²) in [6, 6.07) is 3.67. The Bertz CT molecular complexity index is 455. The van der Waals surface area contributed by atoms with Crippen LogP contribution in [0.5, 0.6) is 5.75 Å². The van der Waals surface area contributed by atoms with Crippen molar-refractivity contribution in [2.75, 3.05) is 0 Å². The molecule has 1 rings (SSSR count). The first kappa shape index (κ1) is 12.8. The molecule has 0 fully saturated rings. The molecule has 0 amide bonds. The lowest BCUT2D eigenvalue weighted by atomic mass is 10.2. The third-order valence-corrected chi connectivity index (χ3v) is 1.99. The van der Waals surface area contributed by atoms with Crippen LogP contribution < -0.4 is 4.74 Å². The second-order valence-electron chi connectivity index (χ2n) is 3.33. The van der Waals surface area contributed by atoms with Crippen molar-refractivity contribution in [1.29, 1.82) is 0 Å². The van der Waals surface area contributed by atoms with Gasteiger partial charge in [0.25, 0.3) is 0 Å². The molecule has 0 spiro atoms. The molecule has 6 nitrogen and oxygen atoms in total. The number of esters is 1. The van der Waals surface area contributed by atoms with Crippen LogP contribution in [0.25, 0.3) is 0 Å². The van der Waals surface area contributed by atoms with Crippen LogP contribution >= 0.6 is 0 Å². The minimum absolute atomic E-state index is 0.140. The molecule has 0 atom stereocenters. The van der Waals surface area contributed by atoms with E-state index >= 15 is 0 Å². The summed E-state index contributed by atoms with van der Waals surface area (Å²) in [5.74, 6) is -0.673. The highest BCUT2D eigenvalue weighted by molar-refractivity contribution is 5.79. The quantitative estimate of drug-likeness (QED) is 0.257. The molecule has 0 bridgehead atoms. The number of carbonyl (C=O) groups excluding carboxylic acids is 2. The number of nitro benzene ring substituents is 1. The van der Waals surface area contributed by atoms with Crippen molar-refractivity contribution in [2.45, 2.75) is 19.8 Å². The average molecular weight is 237 g/mol. The van der Waals surface area contributed by atoms with E-state index in [1.165, 1.54) is 12.1 Å². The first-order valence-corrected chi connectivity index (χ1v) is 5.02. The number of benzene rings is 1. The molecular formula is C11H11NO5. The lowest BCUT2D eigenvalue weighted by Gasteiger charge is -2.04. The van der Waals surface area contributed by atoms with Gasteiger partial charge in [-0.15, -0.1) is 0 Å². The Labute approximate surface area is 97.3 Å². The van der Waals surface area contributed by atoms with Crippen molar-refractivity contribution in [1.82, 2.24) is 0 Å². The minimum atomic E-state index is -0.693. The van der Waals surface area contributed by atoms with E-state index in [1.807, 2.05) is 0 Å². The summed E-state index contributed by atoms with van der Waals surface area (Å²) in [4.78, 5) is 31.7. The van der Waals surface area contributed by atoms with E-state index in [0.717, 1.165) is 6.07 Å². The van der Waals surface area contributed by atoms with E-state index in [4.69, 9.17) is 4.74 Å². The minimum Gasteiger partial charge on any atom is -0.419 e. The molecule has 0 heterocycles. The topological polar surface area (TPSA) is 86.5 Å². The van der Waals surface area contributed by atoms with Crippen molar-refractivity contribution < 1.29 is 19.2 Å². The summed E-state index contributed by atoms with van der Waals surface area (Å²) in [5, 5.41) is 10.7. The lowest BCUT2D eigenvalue weighted by molar-refractivity contribution is -0.385. The number of aldehydes is 1. The molecule has 0 aliphatic carbocycles. The molecule has 0 aromatic heterocycles. The molecule has 0 saturated heterocycles. The van der Waals surface area contributed by atoms with Crippen LogP contribution in [0.2, 0.25) is 0 Å². The van der Waals surface area contributed by atoms with Gasteiger partial charge >= 0.3 is 11.7 Å². The molecule has 6 heteroatoms. The Hall–Kier alpha value is -2.24. The van der Waals surface area contributed by atoms with Crippen LogP contribution in [0.3, 0.4) is 0 Å². The van der Waals surface area contributed by atoms with E-state index in [0.29, 0.717) is 12.7 Å². The second kappa shape index (κ2) is 5.74. The lowest BCUT2D eigenvalue weighted by Crippen LogP contribution is -2.08. The van der Waals surface area contributed by atoms with E-state index in [9.17, 15) is 19.7 Å². The maximum atomic E-state index is 11.2. The summed E-state index contributed by atoms with van der Waals surface area (Å²) in [7, 11) is 0. The molecule has 0 aliphatic heterocycles. The highest BCUT2D eigenvalue weighted by atomic mass is 16.6. The monoisotopic (exact) mass is 237 g/mol. The highest BCUT2D eigenvalue weighted by Crippen LogP contribution is 2.27. The van der Waals surface area contributed by atoms with Crippen LogP contribution in [0, 0.1) is 10.1 Å². The zero-order chi connectivity index (χ0) is 12.8. The van der Waals surface area contributed by atoms with Gasteiger partial charge in [0.1, 0.15) is 6.29 Å². The summed E-state index contributed by atoms with van der Waals surface area (Å²) >= 11 is 0. The standard InChI is InChI=1S/C11H11NO5/c1-2-3-11(14)17-10-5-4-8(7-13)6-9(10)12(15)16/h4-7H,2-3H2,1H3. The smallest absolute Gasteiger partial charge is 0.312 e. The van der Waals surface area contributed by atoms with E-state index in [-0.39, 0.29) is 23.4 Å². The highest BCUT2D eigenvalue weighted by Gasteiger charge is 2.18. The van der Waals surface area contributed by atoms with Gasteiger partial charge in [-0.2, -0.15) is 0 Å². The number of nitro groups is 1. The fourth-order valence-corrected chi connectivity index (χ4v) is 1.21. The maximum Gasteiger partial charge on any atom is 0.312 e. The number of hydrogen-bond donors (Lipinski definition) is 0. The van der Waals surface area contributed by atoms with E-state index in [2.05, 4.69) is 0 Å².